The number of alkyl halides is 2. The Morgan fingerprint density at radius 3 is 2.61 bits per heavy atom. The van der Waals surface area contributed by atoms with E-state index in [1.54, 1.807) is 20.8 Å². The molecule has 1 aliphatic carbocycles. The van der Waals surface area contributed by atoms with Gasteiger partial charge in [-0.2, -0.15) is 0 Å². The smallest absolute Gasteiger partial charge is 0.411 e. The number of nitrogens with zero attached hydrogens (tertiary/aromatic N) is 1. The molecule has 1 N–H and O–H groups in total. The second-order valence-electron chi connectivity index (χ2n) is 6.11. The molecule has 1 heterocycles. The zero-order valence-corrected chi connectivity index (χ0v) is 10.8. The van der Waals surface area contributed by atoms with Gasteiger partial charge in [0.1, 0.15) is 5.60 Å². The molecule has 1 saturated heterocycles. The minimum atomic E-state index is -2.87. The van der Waals surface area contributed by atoms with Crippen molar-refractivity contribution in [2.24, 2.45) is 5.92 Å². The fraction of sp³-hybridized carbons (Fsp3) is 0.917. The average Bonchev–Trinajstić information content (AvgIpc) is 2.66. The number of hydrogen-bond acceptors (Lipinski definition) is 3. The van der Waals surface area contributed by atoms with E-state index >= 15 is 0 Å². The number of aliphatic hydroxyl groups excluding tert-OH is 1. The van der Waals surface area contributed by atoms with Gasteiger partial charge in [-0.1, -0.05) is 0 Å². The van der Waals surface area contributed by atoms with Gasteiger partial charge in [0.25, 0.3) is 5.92 Å². The number of carbonyl (C=O) groups excluding carboxylic acids is 1. The van der Waals surface area contributed by atoms with E-state index < -0.39 is 29.7 Å². The Balaban J connectivity index is 2.18. The van der Waals surface area contributed by atoms with Crippen LogP contribution in [0.4, 0.5) is 13.6 Å². The predicted octanol–water partition coefficient (Wildman–Crippen LogP) is 2.01. The predicted molar refractivity (Wildman–Crippen MR) is 60.4 cm³/mol. The Morgan fingerprint density at radius 2 is 2.11 bits per heavy atom. The normalized spacial score (nSPS) is 33.9. The number of fused-ring (bicyclic) bond motifs is 2. The van der Waals surface area contributed by atoms with Crippen LogP contribution in [-0.2, 0) is 4.74 Å². The summed E-state index contributed by atoms with van der Waals surface area (Å²) in [5, 5.41) is 9.28. The maximum Gasteiger partial charge on any atom is 0.411 e. The van der Waals surface area contributed by atoms with Crippen LogP contribution >= 0.6 is 0 Å². The third-order valence-electron chi connectivity index (χ3n) is 3.58. The van der Waals surface area contributed by atoms with E-state index in [1.165, 1.54) is 0 Å². The van der Waals surface area contributed by atoms with Crippen LogP contribution in [0.5, 0.6) is 0 Å². The van der Waals surface area contributed by atoms with Crippen LogP contribution in [0.1, 0.15) is 33.6 Å². The van der Waals surface area contributed by atoms with Gasteiger partial charge in [-0.25, -0.2) is 13.6 Å². The van der Waals surface area contributed by atoms with Crippen LogP contribution in [0.15, 0.2) is 0 Å². The molecular formula is C12H19F2NO3. The first-order valence-electron chi connectivity index (χ1n) is 6.16. The molecule has 104 valence electrons. The van der Waals surface area contributed by atoms with E-state index in [0.29, 0.717) is 0 Å². The lowest BCUT2D eigenvalue weighted by Crippen LogP contribution is -2.55. The van der Waals surface area contributed by atoms with Crippen LogP contribution in [-0.4, -0.2) is 46.3 Å². The molecule has 0 aromatic carbocycles. The zero-order chi connectivity index (χ0) is 13.7. The monoisotopic (exact) mass is 263 g/mol. The summed E-state index contributed by atoms with van der Waals surface area (Å²) in [6, 6.07) is -1.67. The standard InChI is InChI=1S/C12H19F2NO3/c1-11(2,3)18-10(17)15-8(6-16)7-4-9(15)12(13,14)5-7/h7-9,16H,4-6H2,1-3H3/t7-,8+,9?/m0/s1. The van der Waals surface area contributed by atoms with Gasteiger partial charge in [0, 0.05) is 6.42 Å². The number of amides is 1. The second-order valence-corrected chi connectivity index (χ2v) is 6.11. The summed E-state index contributed by atoms with van der Waals surface area (Å²) in [7, 11) is 0. The molecule has 1 aliphatic heterocycles. The molecule has 0 aromatic heterocycles. The molecule has 6 heteroatoms. The van der Waals surface area contributed by atoms with Crippen molar-refractivity contribution in [3.63, 3.8) is 0 Å². The lowest BCUT2D eigenvalue weighted by molar-refractivity contribution is -0.100. The van der Waals surface area contributed by atoms with Gasteiger partial charge in [-0.05, 0) is 33.1 Å². The zero-order valence-electron chi connectivity index (χ0n) is 10.8. The number of piperidine rings is 1. The van der Waals surface area contributed by atoms with Gasteiger partial charge in [0.2, 0.25) is 0 Å². The molecule has 0 radical (unpaired) electrons. The third kappa shape index (κ3) is 2.18. The van der Waals surface area contributed by atoms with Crippen molar-refractivity contribution in [1.29, 1.82) is 0 Å². The molecule has 2 bridgehead atoms. The molecule has 2 rings (SSSR count). The number of ether oxygens (including phenoxy) is 1. The van der Waals surface area contributed by atoms with Crippen molar-refractivity contribution in [2.45, 2.75) is 57.2 Å². The number of halogens is 2. The van der Waals surface area contributed by atoms with Gasteiger partial charge in [0.05, 0.1) is 18.7 Å². The highest BCUT2D eigenvalue weighted by Gasteiger charge is 2.62. The molecule has 0 spiro atoms. The number of aliphatic hydroxyl groups is 1. The first-order valence-corrected chi connectivity index (χ1v) is 6.16. The highest BCUT2D eigenvalue weighted by atomic mass is 19.3. The van der Waals surface area contributed by atoms with Crippen LogP contribution in [0.3, 0.4) is 0 Å². The Kier molecular flexibility index (Phi) is 3.04. The molecule has 2 aliphatic rings. The number of carbonyl (C=O) groups is 1. The lowest BCUT2D eigenvalue weighted by Gasteiger charge is -2.38. The minimum Gasteiger partial charge on any atom is -0.444 e. The summed E-state index contributed by atoms with van der Waals surface area (Å²) in [4.78, 5) is 13.0. The first-order chi connectivity index (χ1) is 8.15. The fourth-order valence-electron chi connectivity index (χ4n) is 2.91. The Bertz CT molecular complexity index is 354. The molecule has 18 heavy (non-hydrogen) atoms. The molecule has 1 saturated carbocycles. The Morgan fingerprint density at radius 1 is 1.50 bits per heavy atom. The lowest BCUT2D eigenvalue weighted by atomic mass is 9.98. The molecule has 3 atom stereocenters. The third-order valence-corrected chi connectivity index (χ3v) is 3.58. The quantitative estimate of drug-likeness (QED) is 0.787. The van der Waals surface area contributed by atoms with Crippen molar-refractivity contribution in [2.75, 3.05) is 6.61 Å². The summed E-state index contributed by atoms with van der Waals surface area (Å²) < 4.78 is 32.5. The summed E-state index contributed by atoms with van der Waals surface area (Å²) in [6.07, 6.45) is -0.756. The molecule has 1 amide bonds. The first kappa shape index (κ1) is 13.5. The molecule has 1 unspecified atom stereocenters. The van der Waals surface area contributed by atoms with Gasteiger partial charge in [-0.15, -0.1) is 0 Å². The summed E-state index contributed by atoms with van der Waals surface area (Å²) in [6.45, 7) is 4.76. The molecule has 0 aromatic rings. The SMILES string of the molecule is CC(C)(C)OC(=O)N1C2C[C@@H](CC2(F)F)[C@H]1CO. The van der Waals surface area contributed by atoms with Crippen LogP contribution in [0.25, 0.3) is 0 Å². The number of hydrogen-bond donors (Lipinski definition) is 1. The summed E-state index contributed by atoms with van der Waals surface area (Å²) in [5.74, 6) is -3.20. The van der Waals surface area contributed by atoms with Crippen molar-refractivity contribution in [3.05, 3.63) is 0 Å². The van der Waals surface area contributed by atoms with E-state index in [0.717, 1.165) is 4.90 Å². The van der Waals surface area contributed by atoms with E-state index in [4.69, 9.17) is 4.74 Å². The Hall–Kier alpha value is -0.910. The van der Waals surface area contributed by atoms with Crippen LogP contribution in [0.2, 0.25) is 0 Å². The number of rotatable bonds is 1. The van der Waals surface area contributed by atoms with Crippen molar-refractivity contribution in [1.82, 2.24) is 4.90 Å². The molecule has 2 fully saturated rings. The maximum atomic E-state index is 13.7. The Labute approximate surface area is 105 Å². The van der Waals surface area contributed by atoms with E-state index in [9.17, 15) is 18.7 Å². The van der Waals surface area contributed by atoms with E-state index in [1.807, 2.05) is 0 Å². The van der Waals surface area contributed by atoms with Crippen molar-refractivity contribution < 1.29 is 23.4 Å². The van der Waals surface area contributed by atoms with Crippen molar-refractivity contribution in [3.8, 4) is 0 Å². The minimum absolute atomic E-state index is 0.247. The summed E-state index contributed by atoms with van der Waals surface area (Å²) in [5.41, 5.74) is -0.728. The average molecular weight is 263 g/mol. The summed E-state index contributed by atoms with van der Waals surface area (Å²) >= 11 is 0. The number of likely N-dealkylation sites (tertiary alicyclic amines) is 1. The van der Waals surface area contributed by atoms with E-state index in [2.05, 4.69) is 0 Å². The maximum absolute atomic E-state index is 13.7. The van der Waals surface area contributed by atoms with Gasteiger partial charge in [0.15, 0.2) is 0 Å². The van der Waals surface area contributed by atoms with Crippen LogP contribution < -0.4 is 0 Å². The topological polar surface area (TPSA) is 49.8 Å². The van der Waals surface area contributed by atoms with Crippen molar-refractivity contribution >= 4 is 6.09 Å². The highest BCUT2D eigenvalue weighted by molar-refractivity contribution is 5.70. The molecule has 4 nitrogen and oxygen atoms in total. The van der Waals surface area contributed by atoms with Gasteiger partial charge < -0.3 is 9.84 Å². The van der Waals surface area contributed by atoms with E-state index in [-0.39, 0.29) is 25.4 Å². The van der Waals surface area contributed by atoms with Gasteiger partial charge in [-0.3, -0.25) is 4.90 Å². The fourth-order valence-corrected chi connectivity index (χ4v) is 2.91. The molecular weight excluding hydrogens is 244 g/mol. The largest absolute Gasteiger partial charge is 0.444 e. The van der Waals surface area contributed by atoms with Crippen LogP contribution in [0, 0.1) is 5.92 Å². The highest BCUT2D eigenvalue weighted by Crippen LogP contribution is 2.51. The van der Waals surface area contributed by atoms with Gasteiger partial charge >= 0.3 is 6.09 Å². The second kappa shape index (κ2) is 4.05.